The van der Waals surface area contributed by atoms with Crippen LogP contribution >= 0.6 is 31.9 Å². The summed E-state index contributed by atoms with van der Waals surface area (Å²) < 4.78 is 11.9. The standard InChI is InChI=1S/C16H14Br2N2O6/c1-23-19(15(21)25-13-7-3-11(17)4-8-13)20(24-2)16(22)26-14-9-5-12(18)6-10-14/h3-10H,1-2H3. The Morgan fingerprint density at radius 3 is 1.27 bits per heavy atom. The minimum absolute atomic E-state index is 0.248. The molecule has 0 aliphatic heterocycles. The van der Waals surface area contributed by atoms with Gasteiger partial charge in [0.25, 0.3) is 0 Å². The molecule has 0 bridgehead atoms. The first-order valence-electron chi connectivity index (χ1n) is 7.07. The molecule has 0 aromatic heterocycles. The second kappa shape index (κ2) is 9.53. The maximum atomic E-state index is 12.3. The molecule has 2 aromatic rings. The molecule has 0 spiro atoms. The Bertz CT molecular complexity index is 689. The van der Waals surface area contributed by atoms with E-state index in [0.717, 1.165) is 8.95 Å². The van der Waals surface area contributed by atoms with Crippen LogP contribution < -0.4 is 9.47 Å². The van der Waals surface area contributed by atoms with E-state index in [1.165, 1.54) is 14.2 Å². The van der Waals surface area contributed by atoms with Gasteiger partial charge in [0.05, 0.1) is 14.2 Å². The molecule has 26 heavy (non-hydrogen) atoms. The molecule has 0 heterocycles. The number of amides is 2. The molecule has 2 aromatic carbocycles. The predicted molar refractivity (Wildman–Crippen MR) is 98.0 cm³/mol. The van der Waals surface area contributed by atoms with E-state index in [1.54, 1.807) is 48.5 Å². The number of benzene rings is 2. The van der Waals surface area contributed by atoms with Gasteiger partial charge in [0, 0.05) is 8.95 Å². The van der Waals surface area contributed by atoms with Gasteiger partial charge < -0.3 is 9.47 Å². The topological polar surface area (TPSA) is 77.5 Å². The molecule has 138 valence electrons. The van der Waals surface area contributed by atoms with E-state index in [4.69, 9.17) is 19.1 Å². The second-order valence-electron chi connectivity index (χ2n) is 4.55. The zero-order valence-corrected chi connectivity index (χ0v) is 16.9. The van der Waals surface area contributed by atoms with E-state index in [0.29, 0.717) is 10.3 Å². The number of carbonyl (C=O) groups excluding carboxylic acids is 2. The van der Waals surface area contributed by atoms with Crippen molar-refractivity contribution >= 4 is 44.0 Å². The van der Waals surface area contributed by atoms with Crippen LogP contribution in [0.1, 0.15) is 0 Å². The molecular weight excluding hydrogens is 476 g/mol. The highest BCUT2D eigenvalue weighted by Crippen LogP contribution is 2.19. The van der Waals surface area contributed by atoms with E-state index in [1.807, 2.05) is 0 Å². The lowest BCUT2D eigenvalue weighted by molar-refractivity contribution is -0.333. The van der Waals surface area contributed by atoms with Gasteiger partial charge in [-0.15, -0.1) is 0 Å². The van der Waals surface area contributed by atoms with Crippen molar-refractivity contribution in [3.63, 3.8) is 0 Å². The van der Waals surface area contributed by atoms with Gasteiger partial charge in [-0.3, -0.25) is 0 Å². The van der Waals surface area contributed by atoms with Crippen LogP contribution in [0.3, 0.4) is 0 Å². The van der Waals surface area contributed by atoms with Crippen LogP contribution in [0.2, 0.25) is 0 Å². The molecule has 0 saturated carbocycles. The Morgan fingerprint density at radius 1 is 0.692 bits per heavy atom. The van der Waals surface area contributed by atoms with E-state index in [-0.39, 0.29) is 11.5 Å². The van der Waals surface area contributed by atoms with Crippen molar-refractivity contribution in [1.29, 1.82) is 0 Å². The molecule has 0 N–H and O–H groups in total. The van der Waals surface area contributed by atoms with Gasteiger partial charge in [-0.25, -0.2) is 19.3 Å². The van der Waals surface area contributed by atoms with Gasteiger partial charge in [-0.1, -0.05) is 42.2 Å². The third-order valence-electron chi connectivity index (χ3n) is 2.86. The fraction of sp³-hybridized carbons (Fsp3) is 0.125. The number of hydrazine groups is 1. The number of hydrogen-bond acceptors (Lipinski definition) is 6. The van der Waals surface area contributed by atoms with Crippen molar-refractivity contribution < 1.29 is 28.7 Å². The highest BCUT2D eigenvalue weighted by atomic mass is 79.9. The summed E-state index contributed by atoms with van der Waals surface area (Å²) in [6.45, 7) is 0. The van der Waals surface area contributed by atoms with E-state index in [9.17, 15) is 9.59 Å². The Balaban J connectivity index is 2.08. The molecule has 0 unspecified atom stereocenters. The summed E-state index contributed by atoms with van der Waals surface area (Å²) in [5.74, 6) is 0.496. The summed E-state index contributed by atoms with van der Waals surface area (Å²) in [5, 5.41) is 0.951. The normalized spacial score (nSPS) is 10.2. The minimum atomic E-state index is -1.01. The molecule has 0 fully saturated rings. The zero-order valence-electron chi connectivity index (χ0n) is 13.7. The quantitative estimate of drug-likeness (QED) is 0.586. The number of hydrogen-bond donors (Lipinski definition) is 0. The van der Waals surface area contributed by atoms with Crippen molar-refractivity contribution in [2.75, 3.05) is 14.2 Å². The molecule has 8 nitrogen and oxygen atoms in total. The first kappa shape index (κ1) is 20.2. The van der Waals surface area contributed by atoms with Gasteiger partial charge in [-0.05, 0) is 48.5 Å². The maximum Gasteiger partial charge on any atom is 0.461 e. The van der Waals surface area contributed by atoms with Crippen molar-refractivity contribution in [3.8, 4) is 11.5 Å². The van der Waals surface area contributed by atoms with Gasteiger partial charge in [-0.2, -0.15) is 0 Å². The Labute approximate surface area is 166 Å². The third-order valence-corrected chi connectivity index (χ3v) is 3.92. The first-order chi connectivity index (χ1) is 12.4. The van der Waals surface area contributed by atoms with Crippen LogP contribution in [0.15, 0.2) is 57.5 Å². The predicted octanol–water partition coefficient (Wildman–Crippen LogP) is 4.55. The highest BCUT2D eigenvalue weighted by molar-refractivity contribution is 9.10. The van der Waals surface area contributed by atoms with Crippen LogP contribution in [-0.2, 0) is 9.68 Å². The van der Waals surface area contributed by atoms with Crippen LogP contribution in [-0.4, -0.2) is 36.8 Å². The van der Waals surface area contributed by atoms with Crippen LogP contribution in [0.4, 0.5) is 9.59 Å². The summed E-state index contributed by atoms with van der Waals surface area (Å²) in [6, 6.07) is 13.0. The Hall–Kier alpha value is -2.14. The van der Waals surface area contributed by atoms with Crippen LogP contribution in [0, 0.1) is 0 Å². The second-order valence-corrected chi connectivity index (χ2v) is 6.39. The van der Waals surface area contributed by atoms with Gasteiger partial charge >= 0.3 is 12.2 Å². The number of halogens is 2. The summed E-state index contributed by atoms with van der Waals surface area (Å²) in [4.78, 5) is 34.3. The van der Waals surface area contributed by atoms with Crippen LogP contribution in [0.25, 0.3) is 0 Å². The molecule has 0 aliphatic rings. The number of nitrogens with zero attached hydrogens (tertiary/aromatic N) is 2. The molecule has 2 rings (SSSR count). The Morgan fingerprint density at radius 2 is 1.00 bits per heavy atom. The average molecular weight is 490 g/mol. The number of rotatable bonds is 4. The zero-order chi connectivity index (χ0) is 19.1. The van der Waals surface area contributed by atoms with Gasteiger partial charge in [0.15, 0.2) is 0 Å². The van der Waals surface area contributed by atoms with E-state index < -0.39 is 12.2 Å². The minimum Gasteiger partial charge on any atom is -0.407 e. The fourth-order valence-electron chi connectivity index (χ4n) is 1.73. The molecule has 0 saturated heterocycles. The highest BCUT2D eigenvalue weighted by Gasteiger charge is 2.31. The molecule has 0 aliphatic carbocycles. The Kier molecular flexibility index (Phi) is 7.39. The van der Waals surface area contributed by atoms with Crippen molar-refractivity contribution in [2.45, 2.75) is 0 Å². The number of hydroxylamine groups is 2. The monoisotopic (exact) mass is 488 g/mol. The van der Waals surface area contributed by atoms with Crippen molar-refractivity contribution in [3.05, 3.63) is 57.5 Å². The van der Waals surface area contributed by atoms with Crippen LogP contribution in [0.5, 0.6) is 11.5 Å². The van der Waals surface area contributed by atoms with E-state index >= 15 is 0 Å². The smallest absolute Gasteiger partial charge is 0.407 e. The molecule has 0 radical (unpaired) electrons. The van der Waals surface area contributed by atoms with Gasteiger partial charge in [0.1, 0.15) is 11.5 Å². The number of ether oxygens (including phenoxy) is 2. The summed E-state index contributed by atoms with van der Waals surface area (Å²) in [5.41, 5.74) is 0. The fourth-order valence-corrected chi connectivity index (χ4v) is 2.26. The molecular formula is C16H14Br2N2O6. The first-order valence-corrected chi connectivity index (χ1v) is 8.66. The lowest BCUT2D eigenvalue weighted by Gasteiger charge is -2.27. The lowest BCUT2D eigenvalue weighted by atomic mass is 10.3. The van der Waals surface area contributed by atoms with Gasteiger partial charge in [0.2, 0.25) is 0 Å². The van der Waals surface area contributed by atoms with Crippen molar-refractivity contribution in [1.82, 2.24) is 10.3 Å². The van der Waals surface area contributed by atoms with E-state index in [2.05, 4.69) is 31.9 Å². The summed E-state index contributed by atoms with van der Waals surface area (Å²) in [6.07, 6.45) is -2.02. The largest absolute Gasteiger partial charge is 0.461 e. The van der Waals surface area contributed by atoms with Crippen molar-refractivity contribution in [2.24, 2.45) is 0 Å². The third kappa shape index (κ3) is 5.43. The maximum absolute atomic E-state index is 12.3. The number of carbonyl (C=O) groups is 2. The average Bonchev–Trinajstić information content (AvgIpc) is 2.63. The lowest BCUT2D eigenvalue weighted by Crippen LogP contribution is -2.50. The summed E-state index contributed by atoms with van der Waals surface area (Å²) in [7, 11) is 2.34. The molecule has 2 amide bonds. The molecule has 10 heteroatoms. The SMILES string of the molecule is CON(C(=O)Oc1ccc(Br)cc1)N(OC)C(=O)Oc1ccc(Br)cc1. The summed E-state index contributed by atoms with van der Waals surface area (Å²) >= 11 is 6.55. The molecule has 0 atom stereocenters.